The number of thioether (sulfide) groups is 1. The summed E-state index contributed by atoms with van der Waals surface area (Å²) in [7, 11) is 0. The van der Waals surface area contributed by atoms with Crippen LogP contribution in [0.1, 0.15) is 17.5 Å². The number of fused-ring (bicyclic) bond motifs is 1. The third-order valence-corrected chi connectivity index (χ3v) is 3.74. The molecule has 0 aliphatic heterocycles. The molecule has 1 aromatic heterocycles. The number of carbonyl (C=O) groups excluding carboxylic acids is 1. The Morgan fingerprint density at radius 3 is 2.83 bits per heavy atom. The molecule has 1 amide bonds. The minimum Gasteiger partial charge on any atom is -0.370 e. The maximum absolute atomic E-state index is 10.7. The summed E-state index contributed by atoms with van der Waals surface area (Å²) in [5.41, 5.74) is 8.56. The number of nitrogens with two attached hydrogens (primary N) is 1. The minimum atomic E-state index is -0.267. The number of hydrogen-bond acceptors (Lipinski definition) is 3. The predicted octanol–water partition coefficient (Wildman–Crippen LogP) is 2.82. The Balaban J connectivity index is 2.30. The molecule has 2 aromatic rings. The van der Waals surface area contributed by atoms with Gasteiger partial charge in [0.05, 0.1) is 10.5 Å². The fourth-order valence-electron chi connectivity index (χ4n) is 1.86. The number of carbonyl (C=O) groups is 1. The molecule has 0 fully saturated rings. The highest BCUT2D eigenvalue weighted by Gasteiger charge is 2.05. The first-order chi connectivity index (χ1) is 8.58. The van der Waals surface area contributed by atoms with E-state index in [1.54, 1.807) is 11.8 Å². The van der Waals surface area contributed by atoms with Crippen molar-refractivity contribution >= 4 is 28.6 Å². The van der Waals surface area contributed by atoms with Crippen molar-refractivity contribution in [1.29, 1.82) is 0 Å². The van der Waals surface area contributed by atoms with Crippen LogP contribution in [-0.4, -0.2) is 16.6 Å². The van der Waals surface area contributed by atoms with Gasteiger partial charge in [0.15, 0.2) is 0 Å². The molecular formula is C14H16N2OS. The molecule has 0 saturated carbocycles. The van der Waals surface area contributed by atoms with E-state index in [4.69, 9.17) is 5.73 Å². The SMILES string of the molecule is Cc1cc(SCCC(N)=O)nc2c(C)cccc12. The molecule has 4 heteroatoms. The summed E-state index contributed by atoms with van der Waals surface area (Å²) >= 11 is 1.57. The van der Waals surface area contributed by atoms with Crippen LogP contribution in [-0.2, 0) is 4.79 Å². The molecule has 0 saturated heterocycles. The highest BCUT2D eigenvalue weighted by atomic mass is 32.2. The van der Waals surface area contributed by atoms with Crippen LogP contribution in [0, 0.1) is 13.8 Å². The average Bonchev–Trinajstić information content (AvgIpc) is 2.30. The second kappa shape index (κ2) is 5.40. The zero-order valence-corrected chi connectivity index (χ0v) is 11.4. The average molecular weight is 260 g/mol. The van der Waals surface area contributed by atoms with Crippen molar-refractivity contribution in [3.8, 4) is 0 Å². The molecule has 0 spiro atoms. The first kappa shape index (κ1) is 12.9. The van der Waals surface area contributed by atoms with Crippen LogP contribution in [0.4, 0.5) is 0 Å². The Bertz CT molecular complexity index is 596. The van der Waals surface area contributed by atoms with E-state index >= 15 is 0 Å². The van der Waals surface area contributed by atoms with E-state index in [-0.39, 0.29) is 5.91 Å². The number of primary amides is 1. The lowest BCUT2D eigenvalue weighted by Crippen LogP contribution is -2.10. The number of rotatable bonds is 4. The van der Waals surface area contributed by atoms with E-state index < -0.39 is 0 Å². The van der Waals surface area contributed by atoms with E-state index in [1.807, 2.05) is 6.07 Å². The van der Waals surface area contributed by atoms with Gasteiger partial charge in [0, 0.05) is 17.6 Å². The van der Waals surface area contributed by atoms with Gasteiger partial charge in [-0.15, -0.1) is 11.8 Å². The van der Waals surface area contributed by atoms with Crippen molar-refractivity contribution < 1.29 is 4.79 Å². The van der Waals surface area contributed by atoms with Gasteiger partial charge in [0.1, 0.15) is 0 Å². The smallest absolute Gasteiger partial charge is 0.218 e. The van der Waals surface area contributed by atoms with Crippen LogP contribution in [0.5, 0.6) is 0 Å². The number of para-hydroxylation sites is 1. The number of pyridine rings is 1. The molecule has 94 valence electrons. The third kappa shape index (κ3) is 2.82. The zero-order valence-electron chi connectivity index (χ0n) is 10.6. The van der Waals surface area contributed by atoms with E-state index in [9.17, 15) is 4.79 Å². The van der Waals surface area contributed by atoms with Gasteiger partial charge in [-0.2, -0.15) is 0 Å². The van der Waals surface area contributed by atoms with E-state index in [1.165, 1.54) is 16.5 Å². The summed E-state index contributed by atoms with van der Waals surface area (Å²) in [5.74, 6) is 0.412. The van der Waals surface area contributed by atoms with Crippen LogP contribution >= 0.6 is 11.8 Å². The van der Waals surface area contributed by atoms with Gasteiger partial charge in [0.25, 0.3) is 0 Å². The predicted molar refractivity (Wildman–Crippen MR) is 75.8 cm³/mol. The Morgan fingerprint density at radius 2 is 2.11 bits per heavy atom. The Labute approximate surface area is 111 Å². The Morgan fingerprint density at radius 1 is 1.33 bits per heavy atom. The van der Waals surface area contributed by atoms with Crippen molar-refractivity contribution in [3.05, 3.63) is 35.4 Å². The Kier molecular flexibility index (Phi) is 3.87. The lowest BCUT2D eigenvalue weighted by molar-refractivity contribution is -0.117. The second-order valence-corrected chi connectivity index (χ2v) is 5.43. The van der Waals surface area contributed by atoms with Crippen LogP contribution in [0.3, 0.4) is 0 Å². The number of nitrogens with zero attached hydrogens (tertiary/aromatic N) is 1. The summed E-state index contributed by atoms with van der Waals surface area (Å²) in [5, 5.41) is 2.14. The summed E-state index contributed by atoms with van der Waals surface area (Å²) < 4.78 is 0. The van der Waals surface area contributed by atoms with Crippen molar-refractivity contribution in [1.82, 2.24) is 4.98 Å². The van der Waals surface area contributed by atoms with Crippen LogP contribution in [0.2, 0.25) is 0 Å². The van der Waals surface area contributed by atoms with Crippen molar-refractivity contribution in [2.45, 2.75) is 25.3 Å². The monoisotopic (exact) mass is 260 g/mol. The van der Waals surface area contributed by atoms with Gasteiger partial charge >= 0.3 is 0 Å². The molecular weight excluding hydrogens is 244 g/mol. The molecule has 0 atom stereocenters. The molecule has 0 aliphatic rings. The molecule has 1 aromatic carbocycles. The van der Waals surface area contributed by atoms with E-state index in [2.05, 4.69) is 37.0 Å². The van der Waals surface area contributed by atoms with Crippen LogP contribution in [0.25, 0.3) is 10.9 Å². The quantitative estimate of drug-likeness (QED) is 0.860. The Hall–Kier alpha value is -1.55. The first-order valence-corrected chi connectivity index (χ1v) is 6.84. The summed E-state index contributed by atoms with van der Waals surface area (Å²) in [6.45, 7) is 4.15. The maximum Gasteiger partial charge on any atom is 0.218 e. The molecule has 0 unspecified atom stereocenters. The van der Waals surface area contributed by atoms with E-state index in [0.717, 1.165) is 10.5 Å². The summed E-state index contributed by atoms with van der Waals surface area (Å²) in [6, 6.07) is 8.26. The van der Waals surface area contributed by atoms with Gasteiger partial charge in [-0.05, 0) is 31.0 Å². The minimum absolute atomic E-state index is 0.267. The van der Waals surface area contributed by atoms with Gasteiger partial charge in [-0.3, -0.25) is 4.79 Å². The molecule has 2 N–H and O–H groups in total. The number of benzene rings is 1. The molecule has 0 aliphatic carbocycles. The highest BCUT2D eigenvalue weighted by Crippen LogP contribution is 2.25. The first-order valence-electron chi connectivity index (χ1n) is 5.86. The third-order valence-electron chi connectivity index (χ3n) is 2.82. The molecule has 2 rings (SSSR count). The lowest BCUT2D eigenvalue weighted by Gasteiger charge is -2.07. The molecule has 3 nitrogen and oxygen atoms in total. The van der Waals surface area contributed by atoms with Crippen LogP contribution in [0.15, 0.2) is 29.3 Å². The molecule has 0 radical (unpaired) electrons. The molecule has 0 bridgehead atoms. The second-order valence-electron chi connectivity index (χ2n) is 4.31. The van der Waals surface area contributed by atoms with Gasteiger partial charge in [-0.1, -0.05) is 18.2 Å². The highest BCUT2D eigenvalue weighted by molar-refractivity contribution is 7.99. The normalized spacial score (nSPS) is 10.8. The van der Waals surface area contributed by atoms with Gasteiger partial charge in [-0.25, -0.2) is 4.98 Å². The maximum atomic E-state index is 10.7. The standard InChI is InChI=1S/C14H16N2OS/c1-9-4-3-5-11-10(2)8-13(16-14(9)11)18-7-6-12(15)17/h3-5,8H,6-7H2,1-2H3,(H2,15,17). The van der Waals surface area contributed by atoms with E-state index in [0.29, 0.717) is 12.2 Å². The number of aromatic nitrogens is 1. The van der Waals surface area contributed by atoms with Gasteiger partial charge in [0.2, 0.25) is 5.91 Å². The molecule has 1 heterocycles. The fraction of sp³-hybridized carbons (Fsp3) is 0.286. The van der Waals surface area contributed by atoms with Crippen molar-refractivity contribution in [2.24, 2.45) is 5.73 Å². The number of hydrogen-bond donors (Lipinski definition) is 1. The number of aryl methyl sites for hydroxylation is 2. The lowest BCUT2D eigenvalue weighted by atomic mass is 10.1. The van der Waals surface area contributed by atoms with Crippen LogP contribution < -0.4 is 5.73 Å². The van der Waals surface area contributed by atoms with Gasteiger partial charge < -0.3 is 5.73 Å². The fourth-order valence-corrected chi connectivity index (χ4v) is 2.79. The van der Waals surface area contributed by atoms with Crippen molar-refractivity contribution in [3.63, 3.8) is 0 Å². The van der Waals surface area contributed by atoms with Crippen molar-refractivity contribution in [2.75, 3.05) is 5.75 Å². The molecule has 18 heavy (non-hydrogen) atoms. The zero-order chi connectivity index (χ0) is 13.1. The number of amides is 1. The summed E-state index contributed by atoms with van der Waals surface area (Å²) in [4.78, 5) is 15.4. The topological polar surface area (TPSA) is 56.0 Å². The largest absolute Gasteiger partial charge is 0.370 e. The summed E-state index contributed by atoms with van der Waals surface area (Å²) in [6.07, 6.45) is 0.386.